The molecule has 0 aliphatic heterocycles. The van der Waals surface area contributed by atoms with Gasteiger partial charge in [-0.15, -0.1) is 0 Å². The second-order valence-corrected chi connectivity index (χ2v) is 10.1. The molecule has 0 aromatic carbocycles. The molecule has 1 aromatic rings. The van der Waals surface area contributed by atoms with Crippen LogP contribution in [-0.2, 0) is 11.3 Å². The fraction of sp³-hybridized carbons (Fsp3) is 0.667. The molecule has 4 nitrogen and oxygen atoms in total. The molecular weight excluding hydrogens is 194 g/mol. The molecule has 0 radical (unpaired) electrons. The Morgan fingerprint density at radius 1 is 1.50 bits per heavy atom. The van der Waals surface area contributed by atoms with Crippen molar-refractivity contribution in [1.29, 1.82) is 0 Å². The summed E-state index contributed by atoms with van der Waals surface area (Å²) in [6.07, 6.45) is 4.38. The van der Waals surface area contributed by atoms with Crippen molar-refractivity contribution in [2.24, 2.45) is 0 Å². The molecule has 0 bridgehead atoms. The number of hydrogen-bond donors (Lipinski definition) is 1. The molecule has 1 rings (SSSR count). The highest BCUT2D eigenvalue weighted by molar-refractivity contribution is 6.76. The van der Waals surface area contributed by atoms with E-state index in [4.69, 9.17) is 10.5 Å². The van der Waals surface area contributed by atoms with E-state index in [9.17, 15) is 0 Å². The minimum Gasteiger partial charge on any atom is -0.396 e. The Morgan fingerprint density at radius 2 is 2.21 bits per heavy atom. The predicted octanol–water partition coefficient (Wildman–Crippen LogP) is 1.36. The van der Waals surface area contributed by atoms with E-state index in [2.05, 4.69) is 24.7 Å². The van der Waals surface area contributed by atoms with Gasteiger partial charge in [0.05, 0.1) is 33.1 Å². The van der Waals surface area contributed by atoms with Crippen molar-refractivity contribution in [3.05, 3.63) is 12.4 Å². The molecule has 0 aliphatic rings. The van der Waals surface area contributed by atoms with Crippen molar-refractivity contribution in [2.45, 2.75) is 26.2 Å². The second kappa shape index (κ2) is 4.61. The van der Waals surface area contributed by atoms with Crippen LogP contribution < -0.4 is 5.73 Å². The van der Waals surface area contributed by atoms with Gasteiger partial charge in [0, 0.05) is 12.4 Å². The summed E-state index contributed by atoms with van der Waals surface area (Å²) >= 11 is 0. The second-order valence-electron chi connectivity index (χ2n) is 4.65. The number of nitrogens with two attached hydrogens (primary N) is 1. The summed E-state index contributed by atoms with van der Waals surface area (Å²) in [5.41, 5.74) is 6.24. The highest BCUT2D eigenvalue weighted by Gasteiger charge is 2.12. The molecule has 1 heterocycles. The smallest absolute Gasteiger partial charge is 0.0746 e. The van der Waals surface area contributed by atoms with Crippen LogP contribution in [0.15, 0.2) is 12.4 Å². The van der Waals surface area contributed by atoms with Crippen LogP contribution in [0.2, 0.25) is 19.6 Å². The third-order valence-corrected chi connectivity index (χ3v) is 2.72. The van der Waals surface area contributed by atoms with E-state index in [0.29, 0.717) is 12.3 Å². The Labute approximate surface area is 86.1 Å². The van der Waals surface area contributed by atoms with Crippen molar-refractivity contribution in [3.63, 3.8) is 0 Å². The zero-order chi connectivity index (χ0) is 10.6. The lowest BCUT2D eigenvalue weighted by molar-refractivity contribution is 0.160. The molecule has 0 aliphatic carbocycles. The highest BCUT2D eigenvalue weighted by Crippen LogP contribution is 2.01. The monoisotopic (exact) mass is 213 g/mol. The number of anilines is 1. The molecule has 0 spiro atoms. The van der Waals surface area contributed by atoms with Crippen LogP contribution in [0, 0.1) is 0 Å². The molecular formula is C9H19N3OSi. The summed E-state index contributed by atoms with van der Waals surface area (Å²) in [5, 5.41) is 4.07. The molecule has 80 valence electrons. The molecule has 0 fully saturated rings. The van der Waals surface area contributed by atoms with Crippen LogP contribution >= 0.6 is 0 Å². The van der Waals surface area contributed by atoms with E-state index < -0.39 is 8.07 Å². The van der Waals surface area contributed by atoms with E-state index in [-0.39, 0.29) is 0 Å². The van der Waals surface area contributed by atoms with E-state index >= 15 is 0 Å². The number of rotatable bonds is 5. The van der Waals surface area contributed by atoms with E-state index in [1.807, 2.05) is 6.20 Å². The largest absolute Gasteiger partial charge is 0.396 e. The topological polar surface area (TPSA) is 53.1 Å². The van der Waals surface area contributed by atoms with Crippen LogP contribution in [0.25, 0.3) is 0 Å². The van der Waals surface area contributed by atoms with Crippen molar-refractivity contribution >= 4 is 13.8 Å². The number of nitrogens with zero attached hydrogens (tertiary/aromatic N) is 2. The molecule has 0 atom stereocenters. The SMILES string of the molecule is C[Si](C)(C)COCCn1cc(N)cn1. The zero-order valence-electron chi connectivity index (χ0n) is 9.16. The van der Waals surface area contributed by atoms with Gasteiger partial charge in [-0.2, -0.15) is 5.10 Å². The van der Waals surface area contributed by atoms with Gasteiger partial charge < -0.3 is 10.5 Å². The van der Waals surface area contributed by atoms with Crippen LogP contribution in [-0.4, -0.2) is 30.7 Å². The average Bonchev–Trinajstić information content (AvgIpc) is 2.44. The zero-order valence-corrected chi connectivity index (χ0v) is 10.2. The van der Waals surface area contributed by atoms with Gasteiger partial charge in [0.2, 0.25) is 0 Å². The van der Waals surface area contributed by atoms with Crippen LogP contribution in [0.1, 0.15) is 0 Å². The maximum Gasteiger partial charge on any atom is 0.0746 e. The molecule has 0 amide bonds. The number of ether oxygens (including phenoxy) is 1. The van der Waals surface area contributed by atoms with Crippen molar-refractivity contribution in [1.82, 2.24) is 9.78 Å². The Kier molecular flexibility index (Phi) is 3.71. The Morgan fingerprint density at radius 3 is 2.71 bits per heavy atom. The first-order valence-electron chi connectivity index (χ1n) is 4.83. The van der Waals surface area contributed by atoms with Crippen molar-refractivity contribution in [2.75, 3.05) is 18.6 Å². The number of aromatic nitrogens is 2. The van der Waals surface area contributed by atoms with Crippen molar-refractivity contribution in [3.8, 4) is 0 Å². The first-order chi connectivity index (χ1) is 6.47. The Balaban J connectivity index is 2.16. The average molecular weight is 213 g/mol. The van der Waals surface area contributed by atoms with Crippen LogP contribution in [0.5, 0.6) is 0 Å². The van der Waals surface area contributed by atoms with Crippen molar-refractivity contribution < 1.29 is 4.74 Å². The Hall–Kier alpha value is -0.813. The van der Waals surface area contributed by atoms with Gasteiger partial charge >= 0.3 is 0 Å². The lowest BCUT2D eigenvalue weighted by atomic mass is 10.6. The van der Waals surface area contributed by atoms with E-state index in [0.717, 1.165) is 12.8 Å². The fourth-order valence-corrected chi connectivity index (χ4v) is 1.79. The predicted molar refractivity (Wildman–Crippen MR) is 60.8 cm³/mol. The number of nitrogen functional groups attached to an aromatic ring is 1. The molecule has 2 N–H and O–H groups in total. The molecule has 5 heteroatoms. The summed E-state index contributed by atoms with van der Waals surface area (Å²) in [4.78, 5) is 0. The molecule has 0 saturated heterocycles. The summed E-state index contributed by atoms with van der Waals surface area (Å²) in [6, 6.07) is 0. The van der Waals surface area contributed by atoms with Gasteiger partial charge in [0.25, 0.3) is 0 Å². The third-order valence-electron chi connectivity index (χ3n) is 1.65. The summed E-state index contributed by atoms with van der Waals surface area (Å²) in [5.74, 6) is 0. The quantitative estimate of drug-likeness (QED) is 0.593. The first kappa shape index (κ1) is 11.3. The number of hydrogen-bond acceptors (Lipinski definition) is 3. The lowest BCUT2D eigenvalue weighted by Gasteiger charge is -2.15. The molecule has 14 heavy (non-hydrogen) atoms. The fourth-order valence-electron chi connectivity index (χ4n) is 1.04. The summed E-state index contributed by atoms with van der Waals surface area (Å²) in [6.45, 7) is 8.36. The van der Waals surface area contributed by atoms with Gasteiger partial charge in [-0.3, -0.25) is 4.68 Å². The van der Waals surface area contributed by atoms with Crippen LogP contribution in [0.3, 0.4) is 0 Å². The normalized spacial score (nSPS) is 11.9. The van der Waals surface area contributed by atoms with E-state index in [1.165, 1.54) is 0 Å². The summed E-state index contributed by atoms with van der Waals surface area (Å²) < 4.78 is 7.38. The lowest BCUT2D eigenvalue weighted by Crippen LogP contribution is -2.28. The van der Waals surface area contributed by atoms with Gasteiger partial charge in [-0.05, 0) is 0 Å². The molecule has 0 saturated carbocycles. The standard InChI is InChI=1S/C9H19N3OSi/c1-14(2,3)8-13-5-4-12-7-9(10)6-11-12/h6-7H,4-5,8,10H2,1-3H3. The Bertz CT molecular complexity index is 280. The van der Waals surface area contributed by atoms with Gasteiger partial charge in [-0.1, -0.05) is 19.6 Å². The maximum absolute atomic E-state index is 5.57. The minimum absolute atomic E-state index is 0.704. The van der Waals surface area contributed by atoms with E-state index in [1.54, 1.807) is 10.9 Å². The van der Waals surface area contributed by atoms with Crippen LogP contribution in [0.4, 0.5) is 5.69 Å². The molecule has 1 aromatic heterocycles. The first-order valence-corrected chi connectivity index (χ1v) is 8.54. The van der Waals surface area contributed by atoms with Gasteiger partial charge in [0.15, 0.2) is 0 Å². The van der Waals surface area contributed by atoms with Gasteiger partial charge in [0.1, 0.15) is 0 Å². The third kappa shape index (κ3) is 4.43. The summed E-state index contributed by atoms with van der Waals surface area (Å²) in [7, 11) is -1.07. The van der Waals surface area contributed by atoms with Gasteiger partial charge in [-0.25, -0.2) is 0 Å². The minimum atomic E-state index is -1.07. The highest BCUT2D eigenvalue weighted by atomic mass is 28.3. The molecule has 0 unspecified atom stereocenters. The maximum atomic E-state index is 5.57.